The Hall–Kier alpha value is -3.20. The summed E-state index contributed by atoms with van der Waals surface area (Å²) in [7, 11) is -2.10. The molecule has 1 aliphatic heterocycles. The smallest absolute Gasteiger partial charge is 0.331 e. The molecule has 0 saturated carbocycles. The van der Waals surface area contributed by atoms with Gasteiger partial charge in [-0.2, -0.15) is 0 Å². The van der Waals surface area contributed by atoms with Crippen molar-refractivity contribution in [2.75, 3.05) is 11.9 Å². The van der Waals surface area contributed by atoms with Crippen molar-refractivity contribution in [3.05, 3.63) is 60.2 Å². The first-order valence-corrected chi connectivity index (χ1v) is 10.4. The van der Waals surface area contributed by atoms with Crippen LogP contribution in [-0.2, 0) is 24.3 Å². The van der Waals surface area contributed by atoms with Gasteiger partial charge in [-0.15, -0.1) is 0 Å². The zero-order valence-electron chi connectivity index (χ0n) is 16.2. The van der Waals surface area contributed by atoms with Gasteiger partial charge in [0.1, 0.15) is 11.9 Å². The van der Waals surface area contributed by atoms with Crippen LogP contribution in [-0.4, -0.2) is 45.3 Å². The van der Waals surface area contributed by atoms with E-state index in [0.29, 0.717) is 11.3 Å². The van der Waals surface area contributed by atoms with Gasteiger partial charge in [-0.05, 0) is 38.1 Å². The number of benzene rings is 2. The van der Waals surface area contributed by atoms with Crippen LogP contribution in [0.3, 0.4) is 0 Å². The molecule has 0 spiro atoms. The van der Waals surface area contributed by atoms with Crippen LogP contribution in [0.5, 0.6) is 0 Å². The number of ether oxygens (including phenoxy) is 1. The molecule has 1 heterocycles. The second-order valence-corrected chi connectivity index (χ2v) is 8.22. The first-order chi connectivity index (χ1) is 13.7. The number of rotatable bonds is 5. The van der Waals surface area contributed by atoms with Crippen molar-refractivity contribution in [3.8, 4) is 0 Å². The number of carbonyl (C=O) groups is 2. The number of amides is 1. The Kier molecular flexibility index (Phi) is 5.69. The third-order valence-electron chi connectivity index (χ3n) is 4.44. The third-order valence-corrected chi connectivity index (χ3v) is 5.84. The van der Waals surface area contributed by atoms with E-state index in [1.54, 1.807) is 49.5 Å². The normalized spacial score (nSPS) is 17.7. The highest BCUT2D eigenvalue weighted by atomic mass is 32.2. The van der Waals surface area contributed by atoms with E-state index in [1.165, 1.54) is 24.8 Å². The molecular formula is C20H21N3O5S. The lowest BCUT2D eigenvalue weighted by atomic mass is 10.2. The number of hydrogen-bond donors (Lipinski definition) is 1. The molecule has 2 aromatic carbocycles. The molecule has 1 aliphatic rings. The predicted octanol–water partition coefficient (Wildman–Crippen LogP) is 1.71. The van der Waals surface area contributed by atoms with Crippen molar-refractivity contribution < 1.29 is 22.7 Å². The molecule has 3 rings (SSSR count). The molecule has 0 saturated heterocycles. The van der Waals surface area contributed by atoms with Gasteiger partial charge in [0.05, 0.1) is 4.90 Å². The number of amidine groups is 1. The molecule has 0 bridgehead atoms. The molecule has 0 aromatic heterocycles. The van der Waals surface area contributed by atoms with Gasteiger partial charge in [0.2, 0.25) is 0 Å². The summed E-state index contributed by atoms with van der Waals surface area (Å²) in [6, 6.07) is 14.3. The number of anilines is 1. The number of carbonyl (C=O) groups excluding carboxylic acids is 2. The maximum Gasteiger partial charge on any atom is 0.331 e. The number of fused-ring (bicyclic) bond motifs is 1. The fourth-order valence-electron chi connectivity index (χ4n) is 2.85. The fraction of sp³-hybridized carbons (Fsp3) is 0.250. The van der Waals surface area contributed by atoms with Gasteiger partial charge >= 0.3 is 5.97 Å². The topological polar surface area (TPSA) is 105 Å². The first-order valence-electron chi connectivity index (χ1n) is 8.94. The van der Waals surface area contributed by atoms with E-state index in [4.69, 9.17) is 4.74 Å². The molecule has 1 amide bonds. The molecular weight excluding hydrogens is 394 g/mol. The van der Waals surface area contributed by atoms with Crippen molar-refractivity contribution in [2.24, 2.45) is 4.99 Å². The Morgan fingerprint density at radius 2 is 1.66 bits per heavy atom. The van der Waals surface area contributed by atoms with Crippen LogP contribution in [0, 0.1) is 0 Å². The van der Waals surface area contributed by atoms with Gasteiger partial charge in [0.25, 0.3) is 15.9 Å². The molecule has 29 heavy (non-hydrogen) atoms. The van der Waals surface area contributed by atoms with Crippen LogP contribution in [0.1, 0.15) is 19.4 Å². The number of aliphatic imine (C=N–C) groups is 1. The Morgan fingerprint density at radius 3 is 2.34 bits per heavy atom. The number of nitrogens with zero attached hydrogens (tertiary/aromatic N) is 2. The van der Waals surface area contributed by atoms with Crippen molar-refractivity contribution in [3.63, 3.8) is 0 Å². The summed E-state index contributed by atoms with van der Waals surface area (Å²) in [5.41, 5.74) is 1.06. The van der Waals surface area contributed by atoms with Crippen LogP contribution >= 0.6 is 0 Å². The highest BCUT2D eigenvalue weighted by molar-refractivity contribution is 7.90. The van der Waals surface area contributed by atoms with Crippen molar-refractivity contribution in [2.45, 2.75) is 30.9 Å². The highest BCUT2D eigenvalue weighted by Gasteiger charge is 2.32. The minimum absolute atomic E-state index is 0.0745. The van der Waals surface area contributed by atoms with E-state index in [-0.39, 0.29) is 10.7 Å². The van der Waals surface area contributed by atoms with Crippen LogP contribution in [0.25, 0.3) is 0 Å². The average Bonchev–Trinajstić information content (AvgIpc) is 2.97. The van der Waals surface area contributed by atoms with E-state index >= 15 is 0 Å². The van der Waals surface area contributed by atoms with Gasteiger partial charge in [-0.3, -0.25) is 14.5 Å². The number of likely N-dealkylation sites (N-methyl/N-ethyl adjacent to an activating group) is 1. The molecule has 0 aliphatic carbocycles. The van der Waals surface area contributed by atoms with Gasteiger partial charge in [-0.1, -0.05) is 30.3 Å². The minimum Gasteiger partial charge on any atom is -0.451 e. The zero-order chi connectivity index (χ0) is 21.2. The molecule has 1 N–H and O–H groups in total. The highest BCUT2D eigenvalue weighted by Crippen LogP contribution is 2.22. The lowest BCUT2D eigenvalue weighted by Crippen LogP contribution is -2.39. The van der Waals surface area contributed by atoms with Crippen LogP contribution in [0.15, 0.2) is 64.5 Å². The number of esters is 1. The van der Waals surface area contributed by atoms with Crippen LogP contribution < -0.4 is 9.62 Å². The van der Waals surface area contributed by atoms with Gasteiger partial charge in [0.15, 0.2) is 6.10 Å². The average molecular weight is 415 g/mol. The standard InChI is InChI=1S/C20H21N3O5S/c1-13(21-18-16-11-7-8-12-17(16)29(26,27)22-18)20(25)28-14(2)19(24)23(3)15-9-5-4-6-10-15/h4-14H,1-3H3,(H,21,22)/t13-,14+/m0/s1. The minimum atomic E-state index is -3.70. The van der Waals surface area contributed by atoms with Crippen LogP contribution in [0.2, 0.25) is 0 Å². The van der Waals surface area contributed by atoms with Crippen molar-refractivity contribution in [1.82, 2.24) is 4.72 Å². The molecule has 2 atom stereocenters. The summed E-state index contributed by atoms with van der Waals surface area (Å²) < 4.78 is 31.9. The Morgan fingerprint density at radius 1 is 1.03 bits per heavy atom. The summed E-state index contributed by atoms with van der Waals surface area (Å²) >= 11 is 0. The monoisotopic (exact) mass is 415 g/mol. The summed E-state index contributed by atoms with van der Waals surface area (Å²) in [6.45, 7) is 2.95. The molecule has 8 nitrogen and oxygen atoms in total. The number of para-hydroxylation sites is 1. The number of hydrogen-bond acceptors (Lipinski definition) is 6. The molecule has 9 heteroatoms. The second-order valence-electron chi connectivity index (χ2n) is 6.57. The maximum atomic E-state index is 12.5. The molecule has 0 unspecified atom stereocenters. The molecule has 0 fully saturated rings. The van der Waals surface area contributed by atoms with E-state index in [1.807, 2.05) is 6.07 Å². The van der Waals surface area contributed by atoms with Crippen molar-refractivity contribution in [1.29, 1.82) is 0 Å². The zero-order valence-corrected chi connectivity index (χ0v) is 17.0. The summed E-state index contributed by atoms with van der Waals surface area (Å²) in [5.74, 6) is -1.05. The lowest BCUT2D eigenvalue weighted by Gasteiger charge is -2.22. The quantitative estimate of drug-likeness (QED) is 0.749. The third kappa shape index (κ3) is 4.29. The van der Waals surface area contributed by atoms with E-state index in [2.05, 4.69) is 9.71 Å². The van der Waals surface area contributed by atoms with E-state index in [9.17, 15) is 18.0 Å². The van der Waals surface area contributed by atoms with E-state index < -0.39 is 34.0 Å². The lowest BCUT2D eigenvalue weighted by molar-refractivity contribution is -0.154. The maximum absolute atomic E-state index is 12.5. The van der Waals surface area contributed by atoms with Crippen molar-refractivity contribution >= 4 is 33.4 Å². The molecule has 2 aromatic rings. The van der Waals surface area contributed by atoms with Gasteiger partial charge in [-0.25, -0.2) is 13.2 Å². The van der Waals surface area contributed by atoms with Gasteiger partial charge < -0.3 is 9.64 Å². The Labute approximate surface area is 169 Å². The van der Waals surface area contributed by atoms with E-state index in [0.717, 1.165) is 0 Å². The molecule has 152 valence electrons. The summed E-state index contributed by atoms with van der Waals surface area (Å²) in [4.78, 5) is 30.6. The largest absolute Gasteiger partial charge is 0.451 e. The Balaban J connectivity index is 1.70. The SMILES string of the molecule is C[C@H](N=C1NS(=O)(=O)c2ccccc21)C(=O)O[C@H](C)C(=O)N(C)c1ccccc1. The Bertz CT molecular complexity index is 1070. The second kappa shape index (κ2) is 8.04. The molecule has 0 radical (unpaired) electrons. The predicted molar refractivity (Wildman–Crippen MR) is 108 cm³/mol. The number of nitrogens with one attached hydrogen (secondary N) is 1. The summed E-state index contributed by atoms with van der Waals surface area (Å²) in [6.07, 6.45) is -1.03. The fourth-order valence-corrected chi connectivity index (χ4v) is 4.09. The van der Waals surface area contributed by atoms with Gasteiger partial charge in [0, 0.05) is 18.3 Å². The van der Waals surface area contributed by atoms with Crippen LogP contribution in [0.4, 0.5) is 5.69 Å². The summed E-state index contributed by atoms with van der Waals surface area (Å²) in [5, 5.41) is 0. The number of sulfonamides is 1. The first kappa shape index (κ1) is 20.5.